The van der Waals surface area contributed by atoms with Gasteiger partial charge in [0.25, 0.3) is 0 Å². The molecule has 0 heterocycles. The first-order chi connectivity index (χ1) is 14.1. The Morgan fingerprint density at radius 3 is 2.40 bits per heavy atom. The number of anilines is 1. The number of sulfonamides is 1. The van der Waals surface area contributed by atoms with Gasteiger partial charge in [-0.05, 0) is 44.5 Å². The number of rotatable bonds is 10. The molecule has 2 rings (SSSR count). The van der Waals surface area contributed by atoms with Crippen molar-refractivity contribution in [3.63, 3.8) is 0 Å². The largest absolute Gasteiger partial charge is 0.491 e. The lowest BCUT2D eigenvalue weighted by Gasteiger charge is -2.22. The zero-order valence-corrected chi connectivity index (χ0v) is 18.0. The number of amides is 1. The van der Waals surface area contributed by atoms with Gasteiger partial charge in [-0.15, -0.1) is 0 Å². The number of nitrogens with zero attached hydrogens (tertiary/aromatic N) is 1. The molecule has 0 aliphatic carbocycles. The minimum absolute atomic E-state index is 0.0108. The van der Waals surface area contributed by atoms with Gasteiger partial charge in [0.15, 0.2) is 11.6 Å². The van der Waals surface area contributed by atoms with Crippen molar-refractivity contribution in [2.45, 2.75) is 32.7 Å². The first kappa shape index (κ1) is 23.6. The molecule has 0 saturated heterocycles. The van der Waals surface area contributed by atoms with Crippen molar-refractivity contribution in [3.8, 4) is 5.75 Å². The van der Waals surface area contributed by atoms with Crippen LogP contribution in [0, 0.1) is 18.6 Å². The standard InChI is InChI=1S/C21H26F2N2O4S/c1-15-6-9-18(10-7-15)29-14-16(2)24-21(26)5-4-12-25(30(3,27)28)17-8-11-19(22)20(23)13-17/h6-11,13,16H,4-5,12,14H2,1-3H3,(H,24,26). The van der Waals surface area contributed by atoms with Crippen LogP contribution in [0.2, 0.25) is 0 Å². The lowest BCUT2D eigenvalue weighted by atomic mass is 10.2. The molecule has 1 amide bonds. The van der Waals surface area contributed by atoms with E-state index in [0.717, 1.165) is 28.3 Å². The summed E-state index contributed by atoms with van der Waals surface area (Å²) in [5.74, 6) is -1.75. The van der Waals surface area contributed by atoms with Crippen molar-refractivity contribution in [2.75, 3.05) is 23.7 Å². The normalized spacial score (nSPS) is 12.3. The van der Waals surface area contributed by atoms with Crippen LogP contribution >= 0.6 is 0 Å². The average molecular weight is 441 g/mol. The predicted octanol–water partition coefficient (Wildman–Crippen LogP) is 3.40. The molecule has 1 N–H and O–H groups in total. The number of ether oxygens (including phenoxy) is 1. The average Bonchev–Trinajstić information content (AvgIpc) is 2.66. The molecule has 0 spiro atoms. The van der Waals surface area contributed by atoms with E-state index in [0.29, 0.717) is 12.4 Å². The number of hydrogen-bond acceptors (Lipinski definition) is 4. The minimum atomic E-state index is -3.72. The number of halogens is 2. The molecule has 6 nitrogen and oxygen atoms in total. The van der Waals surface area contributed by atoms with Crippen LogP contribution < -0.4 is 14.4 Å². The molecule has 0 saturated carbocycles. The number of carbonyl (C=O) groups is 1. The molecule has 0 aliphatic heterocycles. The van der Waals surface area contributed by atoms with E-state index in [1.165, 1.54) is 6.07 Å². The SMILES string of the molecule is Cc1ccc(OCC(C)NC(=O)CCCN(c2ccc(F)c(F)c2)S(C)(=O)=O)cc1. The van der Waals surface area contributed by atoms with Crippen LogP contribution in [-0.2, 0) is 14.8 Å². The van der Waals surface area contributed by atoms with Crippen LogP contribution in [0.1, 0.15) is 25.3 Å². The van der Waals surface area contributed by atoms with E-state index in [1.54, 1.807) is 6.92 Å². The third-order valence-electron chi connectivity index (χ3n) is 4.28. The third kappa shape index (κ3) is 7.29. The topological polar surface area (TPSA) is 75.7 Å². The fraction of sp³-hybridized carbons (Fsp3) is 0.381. The summed E-state index contributed by atoms with van der Waals surface area (Å²) in [7, 11) is -3.72. The van der Waals surface area contributed by atoms with Gasteiger partial charge in [-0.2, -0.15) is 0 Å². The molecule has 0 aromatic heterocycles. The molecule has 164 valence electrons. The van der Waals surface area contributed by atoms with Crippen molar-refractivity contribution in [2.24, 2.45) is 0 Å². The molecular formula is C21H26F2N2O4S. The number of hydrogen-bond donors (Lipinski definition) is 1. The quantitative estimate of drug-likeness (QED) is 0.614. The van der Waals surface area contributed by atoms with Crippen LogP contribution in [0.25, 0.3) is 0 Å². The lowest BCUT2D eigenvalue weighted by molar-refractivity contribution is -0.121. The number of nitrogens with one attached hydrogen (secondary N) is 1. The second kappa shape index (κ2) is 10.4. The van der Waals surface area contributed by atoms with Crippen LogP contribution in [0.5, 0.6) is 5.75 Å². The van der Waals surface area contributed by atoms with Crippen molar-refractivity contribution < 1.29 is 26.7 Å². The molecule has 2 aromatic rings. The van der Waals surface area contributed by atoms with E-state index in [-0.39, 0.29) is 37.0 Å². The fourth-order valence-electron chi connectivity index (χ4n) is 2.75. The molecule has 30 heavy (non-hydrogen) atoms. The summed E-state index contributed by atoms with van der Waals surface area (Å²) in [5, 5.41) is 2.79. The summed E-state index contributed by atoms with van der Waals surface area (Å²) in [5.41, 5.74) is 1.13. The van der Waals surface area contributed by atoms with Crippen molar-refractivity contribution >= 4 is 21.6 Å². The second-order valence-electron chi connectivity index (χ2n) is 7.13. The van der Waals surface area contributed by atoms with E-state index in [4.69, 9.17) is 4.74 Å². The Labute approximate surface area is 175 Å². The maximum absolute atomic E-state index is 13.5. The Kier molecular flexibility index (Phi) is 8.16. The molecule has 0 fully saturated rings. The summed E-state index contributed by atoms with van der Waals surface area (Å²) < 4.78 is 57.2. The highest BCUT2D eigenvalue weighted by atomic mass is 32.2. The second-order valence-corrected chi connectivity index (χ2v) is 9.04. The van der Waals surface area contributed by atoms with Gasteiger partial charge < -0.3 is 10.1 Å². The van der Waals surface area contributed by atoms with Crippen molar-refractivity contribution in [3.05, 3.63) is 59.7 Å². The summed E-state index contributed by atoms with van der Waals surface area (Å²) in [6, 6.07) is 10.2. The van der Waals surface area contributed by atoms with E-state index >= 15 is 0 Å². The van der Waals surface area contributed by atoms with Gasteiger partial charge in [-0.3, -0.25) is 9.10 Å². The third-order valence-corrected chi connectivity index (χ3v) is 5.48. The molecule has 2 aromatic carbocycles. The maximum atomic E-state index is 13.5. The highest BCUT2D eigenvalue weighted by Crippen LogP contribution is 2.21. The van der Waals surface area contributed by atoms with Crippen LogP contribution in [-0.4, -0.2) is 39.8 Å². The van der Waals surface area contributed by atoms with Gasteiger partial charge in [0.05, 0.1) is 18.0 Å². The van der Waals surface area contributed by atoms with Crippen molar-refractivity contribution in [1.29, 1.82) is 0 Å². The lowest BCUT2D eigenvalue weighted by Crippen LogP contribution is -2.37. The zero-order valence-electron chi connectivity index (χ0n) is 17.2. The molecule has 0 bridgehead atoms. The zero-order chi connectivity index (χ0) is 22.3. The Morgan fingerprint density at radius 2 is 1.80 bits per heavy atom. The van der Waals surface area contributed by atoms with E-state index in [1.807, 2.05) is 31.2 Å². The van der Waals surface area contributed by atoms with E-state index in [2.05, 4.69) is 5.32 Å². The molecule has 0 radical (unpaired) electrons. The molecule has 9 heteroatoms. The van der Waals surface area contributed by atoms with Gasteiger partial charge in [-0.1, -0.05) is 17.7 Å². The monoisotopic (exact) mass is 440 g/mol. The van der Waals surface area contributed by atoms with Crippen LogP contribution in [0.3, 0.4) is 0 Å². The Hall–Kier alpha value is -2.68. The minimum Gasteiger partial charge on any atom is -0.491 e. The molecular weight excluding hydrogens is 414 g/mol. The Balaban J connectivity index is 1.83. The first-order valence-electron chi connectivity index (χ1n) is 9.48. The van der Waals surface area contributed by atoms with Crippen LogP contribution in [0.4, 0.5) is 14.5 Å². The fourth-order valence-corrected chi connectivity index (χ4v) is 3.71. The van der Waals surface area contributed by atoms with Gasteiger partial charge in [0.1, 0.15) is 12.4 Å². The molecule has 1 unspecified atom stereocenters. The van der Waals surface area contributed by atoms with Gasteiger partial charge in [0.2, 0.25) is 15.9 Å². The summed E-state index contributed by atoms with van der Waals surface area (Å²) in [6.45, 7) is 4.03. The van der Waals surface area contributed by atoms with Crippen LogP contribution in [0.15, 0.2) is 42.5 Å². The highest BCUT2D eigenvalue weighted by Gasteiger charge is 2.19. The summed E-state index contributed by atoms with van der Waals surface area (Å²) in [4.78, 5) is 12.1. The summed E-state index contributed by atoms with van der Waals surface area (Å²) >= 11 is 0. The Bertz CT molecular complexity index is 965. The van der Waals surface area contributed by atoms with Gasteiger partial charge in [0, 0.05) is 19.0 Å². The number of benzene rings is 2. The number of carbonyl (C=O) groups excluding carboxylic acids is 1. The van der Waals surface area contributed by atoms with E-state index < -0.39 is 21.7 Å². The van der Waals surface area contributed by atoms with Crippen molar-refractivity contribution in [1.82, 2.24) is 5.32 Å². The number of aryl methyl sites for hydroxylation is 1. The van der Waals surface area contributed by atoms with E-state index in [9.17, 15) is 22.0 Å². The smallest absolute Gasteiger partial charge is 0.232 e. The maximum Gasteiger partial charge on any atom is 0.232 e. The highest BCUT2D eigenvalue weighted by molar-refractivity contribution is 7.92. The first-order valence-corrected chi connectivity index (χ1v) is 11.3. The molecule has 0 aliphatic rings. The predicted molar refractivity (Wildman–Crippen MR) is 112 cm³/mol. The summed E-state index contributed by atoms with van der Waals surface area (Å²) in [6.07, 6.45) is 1.26. The van der Waals surface area contributed by atoms with Gasteiger partial charge >= 0.3 is 0 Å². The Morgan fingerprint density at radius 1 is 1.13 bits per heavy atom. The van der Waals surface area contributed by atoms with Gasteiger partial charge in [-0.25, -0.2) is 17.2 Å². The molecule has 1 atom stereocenters.